The standard InChI is InChI=1S/C26H27N3O4/c1-32-22-13-14-24(33-2)23(17-22)28-16-15-27(26(28)31)19-25(30)29(21-11-7-4-8-12-21)18-20-9-5-3-6-10-20/h3-14,17H,15-16,18-19H2,1-2H3. The Kier molecular flexibility index (Phi) is 6.78. The number of carbonyl (C=O) groups is 2. The van der Waals surface area contributed by atoms with Crippen molar-refractivity contribution in [3.63, 3.8) is 0 Å². The summed E-state index contributed by atoms with van der Waals surface area (Å²) in [6, 6.07) is 24.4. The van der Waals surface area contributed by atoms with Crippen LogP contribution in [0, 0.1) is 0 Å². The average Bonchev–Trinajstić information content (AvgIpc) is 3.22. The zero-order valence-electron chi connectivity index (χ0n) is 18.8. The van der Waals surface area contributed by atoms with Crippen molar-refractivity contribution in [2.24, 2.45) is 0 Å². The summed E-state index contributed by atoms with van der Waals surface area (Å²) in [4.78, 5) is 31.5. The number of benzene rings is 3. The molecule has 0 bridgehead atoms. The van der Waals surface area contributed by atoms with Gasteiger partial charge in [0.2, 0.25) is 5.91 Å². The Labute approximate surface area is 193 Å². The first-order valence-electron chi connectivity index (χ1n) is 10.8. The molecule has 0 unspecified atom stereocenters. The molecule has 1 saturated heterocycles. The van der Waals surface area contributed by atoms with Crippen LogP contribution in [0.1, 0.15) is 5.56 Å². The molecular formula is C26H27N3O4. The van der Waals surface area contributed by atoms with Crippen LogP contribution < -0.4 is 19.3 Å². The van der Waals surface area contributed by atoms with Gasteiger partial charge in [-0.3, -0.25) is 9.69 Å². The number of rotatable bonds is 8. The van der Waals surface area contributed by atoms with Gasteiger partial charge in [0.05, 0.1) is 26.5 Å². The van der Waals surface area contributed by atoms with Gasteiger partial charge in [-0.1, -0.05) is 48.5 Å². The van der Waals surface area contributed by atoms with Crippen LogP contribution in [-0.4, -0.2) is 50.7 Å². The number of amides is 3. The van der Waals surface area contributed by atoms with E-state index in [0.29, 0.717) is 36.8 Å². The Morgan fingerprint density at radius 3 is 2.27 bits per heavy atom. The van der Waals surface area contributed by atoms with Crippen molar-refractivity contribution in [2.45, 2.75) is 6.54 Å². The summed E-state index contributed by atoms with van der Waals surface area (Å²) < 4.78 is 10.8. The summed E-state index contributed by atoms with van der Waals surface area (Å²) >= 11 is 0. The monoisotopic (exact) mass is 445 g/mol. The molecule has 0 aliphatic carbocycles. The number of ether oxygens (including phenoxy) is 2. The lowest BCUT2D eigenvalue weighted by molar-refractivity contribution is -0.119. The minimum atomic E-state index is -0.234. The van der Waals surface area contributed by atoms with E-state index in [2.05, 4.69) is 0 Å². The molecule has 0 spiro atoms. The van der Waals surface area contributed by atoms with Crippen molar-refractivity contribution in [1.29, 1.82) is 0 Å². The predicted octanol–water partition coefficient (Wildman–Crippen LogP) is 4.18. The van der Waals surface area contributed by atoms with Crippen LogP contribution in [0.3, 0.4) is 0 Å². The molecule has 3 amide bonds. The molecule has 3 aromatic carbocycles. The number of hydrogen-bond acceptors (Lipinski definition) is 4. The third-order valence-corrected chi connectivity index (χ3v) is 5.65. The molecule has 1 aliphatic heterocycles. The molecule has 1 heterocycles. The first-order chi connectivity index (χ1) is 16.1. The van der Waals surface area contributed by atoms with E-state index in [1.807, 2.05) is 60.7 Å². The number of carbonyl (C=O) groups excluding carboxylic acids is 2. The van der Waals surface area contributed by atoms with Crippen LogP contribution in [0.5, 0.6) is 11.5 Å². The molecule has 7 nitrogen and oxygen atoms in total. The van der Waals surface area contributed by atoms with Gasteiger partial charge >= 0.3 is 6.03 Å². The van der Waals surface area contributed by atoms with Gasteiger partial charge in [-0.25, -0.2) is 4.79 Å². The molecule has 0 saturated carbocycles. The lowest BCUT2D eigenvalue weighted by Gasteiger charge is -2.26. The molecule has 1 fully saturated rings. The molecule has 1 aliphatic rings. The second-order valence-corrected chi connectivity index (χ2v) is 7.69. The minimum Gasteiger partial charge on any atom is -0.497 e. The number of para-hydroxylation sites is 1. The van der Waals surface area contributed by atoms with Crippen molar-refractivity contribution in [3.8, 4) is 11.5 Å². The fraction of sp³-hybridized carbons (Fsp3) is 0.231. The highest BCUT2D eigenvalue weighted by Gasteiger charge is 2.34. The summed E-state index contributed by atoms with van der Waals surface area (Å²) in [5.74, 6) is 1.07. The van der Waals surface area contributed by atoms with Gasteiger partial charge in [-0.2, -0.15) is 0 Å². The van der Waals surface area contributed by atoms with Crippen molar-refractivity contribution in [1.82, 2.24) is 4.90 Å². The minimum absolute atomic E-state index is 0.0106. The Balaban J connectivity index is 1.53. The van der Waals surface area contributed by atoms with Crippen LogP contribution in [-0.2, 0) is 11.3 Å². The largest absolute Gasteiger partial charge is 0.497 e. The molecule has 0 atom stereocenters. The Bertz CT molecular complexity index is 1110. The highest BCUT2D eigenvalue weighted by atomic mass is 16.5. The zero-order chi connectivity index (χ0) is 23.2. The summed E-state index contributed by atoms with van der Waals surface area (Å²) in [7, 11) is 3.14. The maximum absolute atomic E-state index is 13.4. The van der Waals surface area contributed by atoms with E-state index in [0.717, 1.165) is 11.3 Å². The van der Waals surface area contributed by atoms with E-state index in [4.69, 9.17) is 9.47 Å². The van der Waals surface area contributed by atoms with E-state index in [1.54, 1.807) is 47.1 Å². The third-order valence-electron chi connectivity index (χ3n) is 5.65. The van der Waals surface area contributed by atoms with Crippen LogP contribution >= 0.6 is 0 Å². The van der Waals surface area contributed by atoms with Crippen LogP contribution in [0.2, 0.25) is 0 Å². The topological polar surface area (TPSA) is 62.3 Å². The van der Waals surface area contributed by atoms with Crippen LogP contribution in [0.4, 0.5) is 16.2 Å². The summed E-state index contributed by atoms with van der Waals surface area (Å²) in [5, 5.41) is 0. The van der Waals surface area contributed by atoms with Gasteiger partial charge in [0.15, 0.2) is 0 Å². The van der Waals surface area contributed by atoms with Crippen molar-refractivity contribution < 1.29 is 19.1 Å². The van der Waals surface area contributed by atoms with E-state index < -0.39 is 0 Å². The van der Waals surface area contributed by atoms with Crippen LogP contribution in [0.15, 0.2) is 78.9 Å². The van der Waals surface area contributed by atoms with Crippen molar-refractivity contribution >= 4 is 23.3 Å². The van der Waals surface area contributed by atoms with E-state index in [9.17, 15) is 9.59 Å². The highest BCUT2D eigenvalue weighted by molar-refractivity contribution is 6.01. The van der Waals surface area contributed by atoms with Gasteiger partial charge in [-0.15, -0.1) is 0 Å². The molecule has 0 radical (unpaired) electrons. The third kappa shape index (κ3) is 4.92. The highest BCUT2D eigenvalue weighted by Crippen LogP contribution is 2.34. The predicted molar refractivity (Wildman–Crippen MR) is 128 cm³/mol. The van der Waals surface area contributed by atoms with Gasteiger partial charge in [0.1, 0.15) is 18.0 Å². The summed E-state index contributed by atoms with van der Waals surface area (Å²) in [6.07, 6.45) is 0. The second kappa shape index (κ2) is 10.1. The molecule has 0 aromatic heterocycles. The molecule has 0 N–H and O–H groups in total. The van der Waals surface area contributed by atoms with Gasteiger partial charge in [-0.05, 0) is 29.8 Å². The first kappa shape index (κ1) is 22.2. The van der Waals surface area contributed by atoms with E-state index >= 15 is 0 Å². The van der Waals surface area contributed by atoms with Crippen molar-refractivity contribution in [3.05, 3.63) is 84.4 Å². The fourth-order valence-corrected chi connectivity index (χ4v) is 3.91. The Morgan fingerprint density at radius 1 is 0.909 bits per heavy atom. The number of anilines is 2. The van der Waals surface area contributed by atoms with Crippen LogP contribution in [0.25, 0.3) is 0 Å². The molecule has 3 aromatic rings. The number of methoxy groups -OCH3 is 2. The second-order valence-electron chi connectivity index (χ2n) is 7.69. The van der Waals surface area contributed by atoms with Gasteiger partial charge in [0.25, 0.3) is 0 Å². The molecular weight excluding hydrogens is 418 g/mol. The number of nitrogens with zero attached hydrogens (tertiary/aromatic N) is 3. The number of hydrogen-bond donors (Lipinski definition) is 0. The average molecular weight is 446 g/mol. The first-order valence-corrected chi connectivity index (χ1v) is 10.8. The quantitative estimate of drug-likeness (QED) is 0.522. The Hall–Kier alpha value is -4.00. The zero-order valence-corrected chi connectivity index (χ0v) is 18.8. The summed E-state index contributed by atoms with van der Waals surface area (Å²) in [6.45, 7) is 1.32. The fourth-order valence-electron chi connectivity index (χ4n) is 3.91. The lowest BCUT2D eigenvalue weighted by atomic mass is 10.2. The van der Waals surface area contributed by atoms with E-state index in [-0.39, 0.29) is 18.5 Å². The van der Waals surface area contributed by atoms with Gasteiger partial charge < -0.3 is 19.3 Å². The van der Waals surface area contributed by atoms with Crippen molar-refractivity contribution in [2.75, 3.05) is 43.7 Å². The molecule has 4 rings (SSSR count). The summed E-state index contributed by atoms with van der Waals surface area (Å²) in [5.41, 5.74) is 2.44. The normalized spacial score (nSPS) is 13.2. The molecule has 7 heteroatoms. The maximum Gasteiger partial charge on any atom is 0.325 e. The van der Waals surface area contributed by atoms with Gasteiger partial charge in [0, 0.05) is 24.8 Å². The lowest BCUT2D eigenvalue weighted by Crippen LogP contribution is -2.42. The van der Waals surface area contributed by atoms with E-state index in [1.165, 1.54) is 0 Å². The maximum atomic E-state index is 13.4. The smallest absolute Gasteiger partial charge is 0.325 e. The Morgan fingerprint density at radius 2 is 1.61 bits per heavy atom. The molecule has 170 valence electrons. The number of urea groups is 1. The SMILES string of the molecule is COc1ccc(OC)c(N2CCN(CC(=O)N(Cc3ccccc3)c3ccccc3)C2=O)c1. The molecule has 33 heavy (non-hydrogen) atoms.